The summed E-state index contributed by atoms with van der Waals surface area (Å²) in [6, 6.07) is 16.4. The van der Waals surface area contributed by atoms with Crippen LogP contribution in [0.25, 0.3) is 11.1 Å². The van der Waals surface area contributed by atoms with E-state index in [4.69, 9.17) is 9.84 Å². The first-order chi connectivity index (χ1) is 15.8. The first kappa shape index (κ1) is 24.3. The molecular formula is C26H32N2O5. The molecule has 2 unspecified atom stereocenters. The van der Waals surface area contributed by atoms with Crippen molar-refractivity contribution in [3.05, 3.63) is 59.7 Å². The summed E-state index contributed by atoms with van der Waals surface area (Å²) in [5, 5.41) is 14.3. The SMILES string of the molecule is CC(CCNC(=O)CC(C)CNC(=O)OCC1c2ccccc2-c2ccccc21)CC(=O)O. The Labute approximate surface area is 194 Å². The number of hydrogen-bond acceptors (Lipinski definition) is 4. The van der Waals surface area contributed by atoms with Gasteiger partial charge in [-0.2, -0.15) is 0 Å². The lowest BCUT2D eigenvalue weighted by molar-refractivity contribution is -0.138. The second-order valence-electron chi connectivity index (χ2n) is 8.86. The molecule has 1 aliphatic rings. The van der Waals surface area contributed by atoms with Gasteiger partial charge in [-0.25, -0.2) is 4.79 Å². The number of nitrogens with one attached hydrogen (secondary N) is 2. The number of ether oxygens (including phenoxy) is 1. The van der Waals surface area contributed by atoms with Crippen LogP contribution < -0.4 is 10.6 Å². The van der Waals surface area contributed by atoms with Crippen LogP contribution in [0.15, 0.2) is 48.5 Å². The van der Waals surface area contributed by atoms with Gasteiger partial charge in [0.15, 0.2) is 0 Å². The number of aliphatic carboxylic acids is 1. The summed E-state index contributed by atoms with van der Waals surface area (Å²) >= 11 is 0. The molecule has 0 radical (unpaired) electrons. The quantitative estimate of drug-likeness (QED) is 0.475. The maximum absolute atomic E-state index is 12.3. The molecule has 2 aromatic carbocycles. The molecule has 0 spiro atoms. The van der Waals surface area contributed by atoms with Crippen LogP contribution in [0.3, 0.4) is 0 Å². The third-order valence-electron chi connectivity index (χ3n) is 5.95. The topological polar surface area (TPSA) is 105 Å². The average molecular weight is 453 g/mol. The monoisotopic (exact) mass is 452 g/mol. The zero-order chi connectivity index (χ0) is 23.8. The van der Waals surface area contributed by atoms with E-state index in [1.807, 2.05) is 38.1 Å². The summed E-state index contributed by atoms with van der Waals surface area (Å²) in [6.45, 7) is 4.76. The fourth-order valence-corrected chi connectivity index (χ4v) is 4.23. The normalized spacial score (nSPS) is 14.0. The lowest BCUT2D eigenvalue weighted by atomic mass is 9.98. The Morgan fingerprint density at radius 1 is 0.909 bits per heavy atom. The van der Waals surface area contributed by atoms with Crippen molar-refractivity contribution in [3.8, 4) is 11.1 Å². The van der Waals surface area contributed by atoms with E-state index >= 15 is 0 Å². The number of fused-ring (bicyclic) bond motifs is 3. The van der Waals surface area contributed by atoms with Gasteiger partial charge in [-0.05, 0) is 40.5 Å². The van der Waals surface area contributed by atoms with Crippen molar-refractivity contribution >= 4 is 18.0 Å². The molecule has 7 nitrogen and oxygen atoms in total. The van der Waals surface area contributed by atoms with Crippen molar-refractivity contribution in [1.82, 2.24) is 10.6 Å². The minimum absolute atomic E-state index is 0.00914. The Balaban J connectivity index is 1.38. The molecular weight excluding hydrogens is 420 g/mol. The van der Waals surface area contributed by atoms with Gasteiger partial charge >= 0.3 is 12.1 Å². The molecule has 33 heavy (non-hydrogen) atoms. The van der Waals surface area contributed by atoms with E-state index in [1.54, 1.807) is 0 Å². The highest BCUT2D eigenvalue weighted by Gasteiger charge is 2.29. The molecule has 2 atom stereocenters. The van der Waals surface area contributed by atoms with Crippen LogP contribution in [0.5, 0.6) is 0 Å². The lowest BCUT2D eigenvalue weighted by Crippen LogP contribution is -2.33. The molecule has 1 aliphatic carbocycles. The highest BCUT2D eigenvalue weighted by atomic mass is 16.5. The number of carbonyl (C=O) groups is 3. The maximum Gasteiger partial charge on any atom is 0.407 e. The Hall–Kier alpha value is -3.35. The molecule has 3 rings (SSSR count). The number of carboxylic acid groups (broad SMARTS) is 1. The van der Waals surface area contributed by atoms with Crippen molar-refractivity contribution in [1.29, 1.82) is 0 Å². The van der Waals surface area contributed by atoms with Gasteiger partial charge in [0.25, 0.3) is 0 Å². The lowest BCUT2D eigenvalue weighted by Gasteiger charge is -2.16. The Bertz CT molecular complexity index is 945. The minimum atomic E-state index is -0.832. The zero-order valence-corrected chi connectivity index (χ0v) is 19.2. The van der Waals surface area contributed by atoms with Gasteiger partial charge in [0, 0.05) is 31.8 Å². The molecule has 0 saturated carbocycles. The summed E-state index contributed by atoms with van der Waals surface area (Å²) in [5.41, 5.74) is 4.68. The van der Waals surface area contributed by atoms with Crippen LogP contribution in [0.2, 0.25) is 0 Å². The molecule has 0 heterocycles. The summed E-state index contributed by atoms with van der Waals surface area (Å²) in [4.78, 5) is 35.0. The van der Waals surface area contributed by atoms with E-state index in [2.05, 4.69) is 34.9 Å². The van der Waals surface area contributed by atoms with Crippen LogP contribution in [-0.4, -0.2) is 42.8 Å². The fourth-order valence-electron chi connectivity index (χ4n) is 4.23. The molecule has 176 valence electrons. The van der Waals surface area contributed by atoms with Crippen LogP contribution >= 0.6 is 0 Å². The van der Waals surface area contributed by atoms with Crippen LogP contribution in [0.1, 0.15) is 50.2 Å². The second-order valence-corrected chi connectivity index (χ2v) is 8.86. The van der Waals surface area contributed by atoms with Crippen molar-refractivity contribution in [2.24, 2.45) is 11.8 Å². The summed E-state index contributed by atoms with van der Waals surface area (Å²) in [6.07, 6.45) is 0.490. The largest absolute Gasteiger partial charge is 0.481 e. The van der Waals surface area contributed by atoms with Gasteiger partial charge in [0.2, 0.25) is 5.91 Å². The Kier molecular flexibility index (Phi) is 8.46. The van der Waals surface area contributed by atoms with E-state index in [0.717, 1.165) is 11.1 Å². The van der Waals surface area contributed by atoms with Gasteiger partial charge in [0.05, 0.1) is 0 Å². The van der Waals surface area contributed by atoms with Crippen molar-refractivity contribution < 1.29 is 24.2 Å². The standard InChI is InChI=1S/C26H32N2O5/c1-17(14-25(30)31)11-12-27-24(29)13-18(2)15-28-26(32)33-16-23-21-9-5-3-7-19(21)20-8-4-6-10-22(20)23/h3-10,17-18,23H,11-16H2,1-2H3,(H,27,29)(H,28,32)(H,30,31). The van der Waals surface area contributed by atoms with Gasteiger partial charge in [-0.15, -0.1) is 0 Å². The van der Waals surface area contributed by atoms with E-state index in [0.29, 0.717) is 19.5 Å². The van der Waals surface area contributed by atoms with E-state index < -0.39 is 12.1 Å². The van der Waals surface area contributed by atoms with E-state index in [9.17, 15) is 14.4 Å². The van der Waals surface area contributed by atoms with E-state index in [1.165, 1.54) is 11.1 Å². The molecule has 0 aromatic heterocycles. The molecule has 0 saturated heterocycles. The second kappa shape index (κ2) is 11.5. The van der Waals surface area contributed by atoms with Crippen molar-refractivity contribution in [2.45, 2.75) is 39.0 Å². The number of benzene rings is 2. The fraction of sp³-hybridized carbons (Fsp3) is 0.423. The number of amides is 2. The number of carboxylic acids is 1. The van der Waals surface area contributed by atoms with E-state index in [-0.39, 0.29) is 43.1 Å². The summed E-state index contributed by atoms with van der Waals surface area (Å²) < 4.78 is 5.52. The average Bonchev–Trinajstić information content (AvgIpc) is 3.09. The first-order valence-corrected chi connectivity index (χ1v) is 11.4. The van der Waals surface area contributed by atoms with Gasteiger partial charge < -0.3 is 20.5 Å². The minimum Gasteiger partial charge on any atom is -0.481 e. The smallest absolute Gasteiger partial charge is 0.407 e. The van der Waals surface area contributed by atoms with Crippen molar-refractivity contribution in [2.75, 3.05) is 19.7 Å². The first-order valence-electron chi connectivity index (χ1n) is 11.4. The predicted octanol–water partition coefficient (Wildman–Crippen LogP) is 4.17. The molecule has 0 bridgehead atoms. The third-order valence-corrected chi connectivity index (χ3v) is 5.95. The predicted molar refractivity (Wildman–Crippen MR) is 126 cm³/mol. The number of rotatable bonds is 11. The summed E-state index contributed by atoms with van der Waals surface area (Å²) in [7, 11) is 0. The van der Waals surface area contributed by atoms with Gasteiger partial charge in [-0.1, -0.05) is 62.4 Å². The Morgan fingerprint density at radius 2 is 1.52 bits per heavy atom. The van der Waals surface area contributed by atoms with Crippen LogP contribution in [-0.2, 0) is 14.3 Å². The molecule has 0 fully saturated rings. The van der Waals surface area contributed by atoms with Crippen molar-refractivity contribution in [3.63, 3.8) is 0 Å². The zero-order valence-electron chi connectivity index (χ0n) is 19.2. The number of carbonyl (C=O) groups excluding carboxylic acids is 2. The highest BCUT2D eigenvalue weighted by molar-refractivity contribution is 5.79. The number of alkyl carbamates (subject to hydrolysis) is 1. The summed E-state index contributed by atoms with van der Waals surface area (Å²) in [5.74, 6) is -0.978. The third kappa shape index (κ3) is 6.81. The molecule has 3 N–H and O–H groups in total. The number of hydrogen-bond donors (Lipinski definition) is 3. The Morgan fingerprint density at radius 3 is 2.12 bits per heavy atom. The molecule has 0 aliphatic heterocycles. The van der Waals surface area contributed by atoms with Gasteiger partial charge in [0.1, 0.15) is 6.61 Å². The van der Waals surface area contributed by atoms with Gasteiger partial charge in [-0.3, -0.25) is 9.59 Å². The maximum atomic E-state index is 12.3. The molecule has 7 heteroatoms. The highest BCUT2D eigenvalue weighted by Crippen LogP contribution is 2.44. The molecule has 2 aromatic rings. The molecule has 2 amide bonds. The van der Waals surface area contributed by atoms with Crippen LogP contribution in [0.4, 0.5) is 4.79 Å². The van der Waals surface area contributed by atoms with Crippen LogP contribution in [0, 0.1) is 11.8 Å².